The van der Waals surface area contributed by atoms with E-state index in [0.29, 0.717) is 4.88 Å². The number of amides is 1. The second-order valence-corrected chi connectivity index (χ2v) is 7.84. The normalized spacial score (nSPS) is 20.0. The fraction of sp³-hybridized carbons (Fsp3) is 0.350. The van der Waals surface area contributed by atoms with E-state index in [-0.39, 0.29) is 17.9 Å². The van der Waals surface area contributed by atoms with Crippen molar-refractivity contribution in [3.63, 3.8) is 0 Å². The minimum Gasteiger partial charge on any atom is -0.349 e. The number of aromatic nitrogens is 2. The third-order valence-corrected chi connectivity index (χ3v) is 6.12. The van der Waals surface area contributed by atoms with Gasteiger partial charge in [0.1, 0.15) is 4.83 Å². The van der Waals surface area contributed by atoms with Gasteiger partial charge >= 0.3 is 0 Å². The molecular formula is C20H20N4OS. The van der Waals surface area contributed by atoms with Gasteiger partial charge in [-0.25, -0.2) is 4.68 Å². The highest BCUT2D eigenvalue weighted by atomic mass is 32.1. The summed E-state index contributed by atoms with van der Waals surface area (Å²) in [6.07, 6.45) is 3.50. The molecule has 2 aromatic heterocycles. The van der Waals surface area contributed by atoms with Gasteiger partial charge in [0.15, 0.2) is 0 Å². The smallest absolute Gasteiger partial charge is 0.261 e. The molecular weight excluding hydrogens is 344 g/mol. The van der Waals surface area contributed by atoms with Gasteiger partial charge in [0.25, 0.3) is 5.91 Å². The van der Waals surface area contributed by atoms with E-state index in [2.05, 4.69) is 16.5 Å². The van der Waals surface area contributed by atoms with Crippen molar-refractivity contribution in [1.29, 1.82) is 5.26 Å². The van der Waals surface area contributed by atoms with Crippen molar-refractivity contribution in [3.8, 4) is 11.8 Å². The lowest BCUT2D eigenvalue weighted by Crippen LogP contribution is -2.37. The molecule has 3 aromatic rings. The standard InChI is InChI=1S/C20H20N4OS/c1-13-17-11-18(19(25)22-15-9-7-14(12-21)8-10-15)26-20(17)24(23-13)16-5-3-2-4-6-16/h2-6,11,14-15H,7-10H2,1H3,(H,22,25). The van der Waals surface area contributed by atoms with E-state index in [0.717, 1.165) is 47.3 Å². The van der Waals surface area contributed by atoms with Crippen LogP contribution in [0.25, 0.3) is 15.9 Å². The van der Waals surface area contributed by atoms with Gasteiger partial charge in [-0.1, -0.05) is 18.2 Å². The lowest BCUT2D eigenvalue weighted by molar-refractivity contribution is 0.0929. The Kier molecular flexibility index (Phi) is 4.48. The lowest BCUT2D eigenvalue weighted by Gasteiger charge is -2.25. The van der Waals surface area contributed by atoms with Crippen LogP contribution in [0.15, 0.2) is 36.4 Å². The first-order valence-corrected chi connectivity index (χ1v) is 9.72. The number of nitrogens with zero attached hydrogens (tertiary/aromatic N) is 3. The fourth-order valence-corrected chi connectivity index (χ4v) is 4.61. The number of rotatable bonds is 3. The molecule has 26 heavy (non-hydrogen) atoms. The summed E-state index contributed by atoms with van der Waals surface area (Å²) in [6.45, 7) is 1.97. The molecule has 1 saturated carbocycles. The van der Waals surface area contributed by atoms with Crippen LogP contribution in [-0.4, -0.2) is 21.7 Å². The molecule has 0 atom stereocenters. The van der Waals surface area contributed by atoms with Crippen LogP contribution < -0.4 is 5.32 Å². The van der Waals surface area contributed by atoms with Crippen LogP contribution in [0.3, 0.4) is 0 Å². The topological polar surface area (TPSA) is 70.7 Å². The molecule has 0 saturated heterocycles. The van der Waals surface area contributed by atoms with Crippen molar-refractivity contribution in [3.05, 3.63) is 47.0 Å². The molecule has 2 heterocycles. The monoisotopic (exact) mass is 364 g/mol. The second-order valence-electron chi connectivity index (χ2n) is 6.81. The fourth-order valence-electron chi connectivity index (χ4n) is 3.53. The predicted octanol–water partition coefficient (Wildman–Crippen LogP) is 4.21. The number of aryl methyl sites for hydroxylation is 1. The number of nitrogens with one attached hydrogen (secondary N) is 1. The zero-order valence-electron chi connectivity index (χ0n) is 14.6. The number of fused-ring (bicyclic) bond motifs is 1. The molecule has 0 radical (unpaired) electrons. The number of carbonyl (C=O) groups is 1. The van der Waals surface area contributed by atoms with Crippen LogP contribution >= 0.6 is 11.3 Å². The minimum atomic E-state index is -0.0226. The minimum absolute atomic E-state index is 0.0226. The van der Waals surface area contributed by atoms with E-state index in [9.17, 15) is 4.79 Å². The van der Waals surface area contributed by atoms with Crippen molar-refractivity contribution in [2.75, 3.05) is 0 Å². The molecule has 132 valence electrons. The SMILES string of the molecule is Cc1nn(-c2ccccc2)c2sc(C(=O)NC3CCC(C#N)CC3)cc12. The van der Waals surface area contributed by atoms with Gasteiger partial charge in [0, 0.05) is 17.3 Å². The maximum atomic E-state index is 12.7. The van der Waals surface area contributed by atoms with Gasteiger partial charge < -0.3 is 5.32 Å². The molecule has 6 heteroatoms. The maximum Gasteiger partial charge on any atom is 0.261 e. The maximum absolute atomic E-state index is 12.7. The Morgan fingerprint density at radius 2 is 2.00 bits per heavy atom. The number of hydrogen-bond acceptors (Lipinski definition) is 4. The van der Waals surface area contributed by atoms with Crippen LogP contribution in [0.2, 0.25) is 0 Å². The van der Waals surface area contributed by atoms with Gasteiger partial charge in [-0.15, -0.1) is 11.3 Å². The number of nitriles is 1. The zero-order chi connectivity index (χ0) is 18.1. The van der Waals surface area contributed by atoms with Crippen molar-refractivity contribution in [2.45, 2.75) is 38.6 Å². The lowest BCUT2D eigenvalue weighted by atomic mass is 9.87. The van der Waals surface area contributed by atoms with Crippen LogP contribution in [-0.2, 0) is 0 Å². The highest BCUT2D eigenvalue weighted by Crippen LogP contribution is 2.31. The highest BCUT2D eigenvalue weighted by Gasteiger charge is 2.24. The van der Waals surface area contributed by atoms with Gasteiger partial charge in [-0.2, -0.15) is 10.4 Å². The second kappa shape index (κ2) is 6.93. The van der Waals surface area contributed by atoms with E-state index in [1.807, 2.05) is 48.0 Å². The molecule has 1 fully saturated rings. The Morgan fingerprint density at radius 3 is 2.69 bits per heavy atom. The van der Waals surface area contributed by atoms with Crippen LogP contribution in [0.1, 0.15) is 41.0 Å². The number of thiophene rings is 1. The molecule has 5 nitrogen and oxygen atoms in total. The molecule has 0 aliphatic heterocycles. The third-order valence-electron chi connectivity index (χ3n) is 5.01. The molecule has 1 aliphatic carbocycles. The third kappa shape index (κ3) is 3.11. The van der Waals surface area contributed by atoms with Gasteiger partial charge in [0.2, 0.25) is 0 Å². The molecule has 0 bridgehead atoms. The number of benzene rings is 1. The summed E-state index contributed by atoms with van der Waals surface area (Å²) in [5.41, 5.74) is 1.92. The molecule has 1 N–H and O–H groups in total. The summed E-state index contributed by atoms with van der Waals surface area (Å²) < 4.78 is 1.91. The molecule has 1 aromatic carbocycles. The first kappa shape index (κ1) is 16.8. The molecule has 0 spiro atoms. The van der Waals surface area contributed by atoms with E-state index >= 15 is 0 Å². The average Bonchev–Trinajstić information content (AvgIpc) is 3.24. The molecule has 1 aliphatic rings. The predicted molar refractivity (Wildman–Crippen MR) is 103 cm³/mol. The zero-order valence-corrected chi connectivity index (χ0v) is 15.4. The Bertz CT molecular complexity index is 975. The number of para-hydroxylation sites is 1. The van der Waals surface area contributed by atoms with Crippen molar-refractivity contribution >= 4 is 27.5 Å². The Labute approximate surface area is 156 Å². The van der Waals surface area contributed by atoms with Gasteiger partial charge in [-0.05, 0) is 50.8 Å². The van der Waals surface area contributed by atoms with Crippen molar-refractivity contribution in [1.82, 2.24) is 15.1 Å². The van der Waals surface area contributed by atoms with E-state index < -0.39 is 0 Å². The Morgan fingerprint density at radius 1 is 1.27 bits per heavy atom. The summed E-state index contributed by atoms with van der Waals surface area (Å²) in [7, 11) is 0. The van der Waals surface area contributed by atoms with E-state index in [1.165, 1.54) is 11.3 Å². The molecule has 4 rings (SSSR count). The van der Waals surface area contributed by atoms with Crippen LogP contribution in [0, 0.1) is 24.2 Å². The number of hydrogen-bond donors (Lipinski definition) is 1. The quantitative estimate of drug-likeness (QED) is 0.757. The van der Waals surface area contributed by atoms with E-state index in [4.69, 9.17) is 5.26 Å². The molecule has 1 amide bonds. The highest BCUT2D eigenvalue weighted by molar-refractivity contribution is 7.20. The summed E-state index contributed by atoms with van der Waals surface area (Å²) in [4.78, 5) is 14.4. The van der Waals surface area contributed by atoms with Crippen LogP contribution in [0.4, 0.5) is 0 Å². The summed E-state index contributed by atoms with van der Waals surface area (Å²) in [6, 6.07) is 14.4. The van der Waals surface area contributed by atoms with Gasteiger partial charge in [0.05, 0.1) is 22.3 Å². The van der Waals surface area contributed by atoms with E-state index in [1.54, 1.807) is 0 Å². The summed E-state index contributed by atoms with van der Waals surface area (Å²) in [5.74, 6) is 0.123. The first-order valence-electron chi connectivity index (χ1n) is 8.91. The summed E-state index contributed by atoms with van der Waals surface area (Å²) in [5, 5.41) is 17.8. The van der Waals surface area contributed by atoms with Crippen molar-refractivity contribution in [2.24, 2.45) is 5.92 Å². The Hall–Kier alpha value is -2.65. The van der Waals surface area contributed by atoms with Crippen LogP contribution in [0.5, 0.6) is 0 Å². The largest absolute Gasteiger partial charge is 0.349 e. The number of carbonyl (C=O) groups excluding carboxylic acids is 1. The van der Waals surface area contributed by atoms with Gasteiger partial charge in [-0.3, -0.25) is 4.79 Å². The molecule has 0 unspecified atom stereocenters. The average molecular weight is 364 g/mol. The Balaban J connectivity index is 1.56. The van der Waals surface area contributed by atoms with Crippen molar-refractivity contribution < 1.29 is 4.79 Å². The summed E-state index contributed by atoms with van der Waals surface area (Å²) >= 11 is 1.48. The first-order chi connectivity index (χ1) is 12.7.